The van der Waals surface area contributed by atoms with Crippen molar-refractivity contribution in [1.29, 1.82) is 0 Å². The van der Waals surface area contributed by atoms with Crippen LogP contribution in [0.3, 0.4) is 0 Å². The van der Waals surface area contributed by atoms with E-state index in [1.54, 1.807) is 6.92 Å². The van der Waals surface area contributed by atoms with Crippen molar-refractivity contribution < 1.29 is 14.3 Å². The maximum atomic E-state index is 10.9. The summed E-state index contributed by atoms with van der Waals surface area (Å²) in [5.74, 6) is -0.695. The third-order valence-electron chi connectivity index (χ3n) is 1.41. The van der Waals surface area contributed by atoms with Gasteiger partial charge in [0.05, 0.1) is 5.92 Å². The average molecular weight is 159 g/mol. The molecule has 0 rings (SSSR count). The molecule has 0 aromatic heterocycles. The molecule has 4 nitrogen and oxygen atoms in total. The first-order chi connectivity index (χ1) is 5.11. The van der Waals surface area contributed by atoms with Gasteiger partial charge in [-0.1, -0.05) is 13.8 Å². The lowest BCUT2D eigenvalue weighted by Crippen LogP contribution is -2.25. The van der Waals surface area contributed by atoms with Gasteiger partial charge >= 0.3 is 12.1 Å². The average Bonchev–Trinajstić information content (AvgIpc) is 2.02. The minimum atomic E-state index is -0.699. The lowest BCUT2D eigenvalue weighted by Gasteiger charge is -2.05. The second kappa shape index (κ2) is 4.71. The van der Waals surface area contributed by atoms with Crippen LogP contribution in [0.25, 0.3) is 0 Å². The number of carbonyl (C=O) groups is 2. The number of esters is 1. The first kappa shape index (κ1) is 9.94. The summed E-state index contributed by atoms with van der Waals surface area (Å²) in [6.07, 6.45) is -0.0224. The Hall–Kier alpha value is -1.06. The summed E-state index contributed by atoms with van der Waals surface area (Å²) in [7, 11) is 1.41. The zero-order chi connectivity index (χ0) is 8.85. The normalized spacial score (nSPS) is 11.9. The Morgan fingerprint density at radius 1 is 1.55 bits per heavy atom. The Kier molecular flexibility index (Phi) is 4.26. The van der Waals surface area contributed by atoms with Crippen LogP contribution in [0, 0.1) is 5.92 Å². The van der Waals surface area contributed by atoms with E-state index in [1.807, 2.05) is 6.92 Å². The van der Waals surface area contributed by atoms with Crippen molar-refractivity contribution in [3.8, 4) is 0 Å². The number of alkyl carbamates (subject to hydrolysis) is 1. The van der Waals surface area contributed by atoms with E-state index in [0.717, 1.165) is 0 Å². The number of nitrogens with one attached hydrogen (secondary N) is 1. The Labute approximate surface area is 65.9 Å². The molecular formula is C7H13NO3. The van der Waals surface area contributed by atoms with Gasteiger partial charge in [0.25, 0.3) is 0 Å². The maximum absolute atomic E-state index is 10.9. The van der Waals surface area contributed by atoms with E-state index in [-0.39, 0.29) is 5.92 Å². The number of ether oxygens (including phenoxy) is 1. The molecule has 1 amide bonds. The first-order valence-corrected chi connectivity index (χ1v) is 3.55. The van der Waals surface area contributed by atoms with Crippen molar-refractivity contribution >= 4 is 12.1 Å². The Bertz CT molecular complexity index is 156. The van der Waals surface area contributed by atoms with E-state index < -0.39 is 12.1 Å². The molecule has 0 aromatic rings. The van der Waals surface area contributed by atoms with Gasteiger partial charge in [0.1, 0.15) is 0 Å². The summed E-state index contributed by atoms with van der Waals surface area (Å²) < 4.78 is 4.36. The van der Waals surface area contributed by atoms with Crippen LogP contribution in [-0.4, -0.2) is 19.1 Å². The highest BCUT2D eigenvalue weighted by Crippen LogP contribution is 2.02. The van der Waals surface area contributed by atoms with Gasteiger partial charge in [-0.25, -0.2) is 4.79 Å². The molecule has 4 heteroatoms. The fourth-order valence-corrected chi connectivity index (χ4v) is 0.410. The van der Waals surface area contributed by atoms with Crippen LogP contribution in [0.1, 0.15) is 20.3 Å². The number of hydrogen-bond acceptors (Lipinski definition) is 3. The van der Waals surface area contributed by atoms with Gasteiger partial charge < -0.3 is 10.1 Å². The monoisotopic (exact) mass is 159 g/mol. The predicted molar refractivity (Wildman–Crippen MR) is 40.0 cm³/mol. The molecule has 64 valence electrons. The fourth-order valence-electron chi connectivity index (χ4n) is 0.410. The Balaban J connectivity index is 3.77. The van der Waals surface area contributed by atoms with Crippen LogP contribution in [0.4, 0.5) is 4.79 Å². The Morgan fingerprint density at radius 3 is 2.45 bits per heavy atom. The van der Waals surface area contributed by atoms with E-state index in [0.29, 0.717) is 6.42 Å². The molecule has 0 aliphatic carbocycles. The van der Waals surface area contributed by atoms with E-state index in [9.17, 15) is 9.59 Å². The minimum Gasteiger partial charge on any atom is -0.376 e. The van der Waals surface area contributed by atoms with Crippen molar-refractivity contribution in [2.45, 2.75) is 20.3 Å². The summed E-state index contributed by atoms with van der Waals surface area (Å²) in [4.78, 5) is 21.3. The molecule has 0 saturated carbocycles. The summed E-state index contributed by atoms with van der Waals surface area (Å²) in [6.45, 7) is 3.57. The zero-order valence-corrected chi connectivity index (χ0v) is 7.01. The molecule has 0 aliphatic heterocycles. The highest BCUT2D eigenvalue weighted by Gasteiger charge is 2.14. The molecule has 0 aromatic carbocycles. The highest BCUT2D eigenvalue weighted by atomic mass is 16.6. The van der Waals surface area contributed by atoms with Crippen molar-refractivity contribution in [3.63, 3.8) is 0 Å². The largest absolute Gasteiger partial charge is 0.414 e. The van der Waals surface area contributed by atoms with Crippen LogP contribution in [0.2, 0.25) is 0 Å². The molecule has 0 fully saturated rings. The summed E-state index contributed by atoms with van der Waals surface area (Å²) in [5.41, 5.74) is 0. The topological polar surface area (TPSA) is 55.4 Å². The van der Waals surface area contributed by atoms with Crippen molar-refractivity contribution in [2.24, 2.45) is 5.92 Å². The number of carbonyl (C=O) groups excluding carboxylic acids is 2. The third kappa shape index (κ3) is 3.60. The molecule has 1 unspecified atom stereocenters. The molecule has 11 heavy (non-hydrogen) atoms. The Morgan fingerprint density at radius 2 is 2.09 bits per heavy atom. The molecule has 1 atom stereocenters. The first-order valence-electron chi connectivity index (χ1n) is 3.55. The summed E-state index contributed by atoms with van der Waals surface area (Å²) in [6, 6.07) is 0. The highest BCUT2D eigenvalue weighted by molar-refractivity contribution is 5.85. The van der Waals surface area contributed by atoms with E-state index in [2.05, 4.69) is 10.1 Å². The zero-order valence-electron chi connectivity index (χ0n) is 7.01. The van der Waals surface area contributed by atoms with Gasteiger partial charge in [-0.15, -0.1) is 0 Å². The lowest BCUT2D eigenvalue weighted by molar-refractivity contribution is -0.141. The third-order valence-corrected chi connectivity index (χ3v) is 1.41. The smallest absolute Gasteiger partial charge is 0.376 e. The minimum absolute atomic E-state index is 0.215. The van der Waals surface area contributed by atoms with E-state index >= 15 is 0 Å². The standard InChI is InChI=1S/C7H13NO3/c1-4-5(2)6(9)11-7(10)8-3/h5H,4H2,1-3H3,(H,8,10). The fraction of sp³-hybridized carbons (Fsp3) is 0.714. The van der Waals surface area contributed by atoms with Crippen LogP contribution in [0.5, 0.6) is 0 Å². The van der Waals surface area contributed by atoms with Crippen molar-refractivity contribution in [2.75, 3.05) is 7.05 Å². The van der Waals surface area contributed by atoms with Crippen LogP contribution in [0.15, 0.2) is 0 Å². The SMILES string of the molecule is CCC(C)C(=O)OC(=O)NC. The lowest BCUT2D eigenvalue weighted by atomic mass is 10.1. The molecule has 0 spiro atoms. The molecule has 0 radical (unpaired) electrons. The van der Waals surface area contributed by atoms with Crippen molar-refractivity contribution in [1.82, 2.24) is 5.32 Å². The molecule has 1 N–H and O–H groups in total. The van der Waals surface area contributed by atoms with Crippen LogP contribution in [-0.2, 0) is 9.53 Å². The van der Waals surface area contributed by atoms with Gasteiger partial charge in [-0.3, -0.25) is 4.79 Å². The van der Waals surface area contributed by atoms with Gasteiger partial charge in [-0.2, -0.15) is 0 Å². The number of amides is 1. The summed E-state index contributed by atoms with van der Waals surface area (Å²) in [5, 5.41) is 2.19. The number of rotatable bonds is 2. The predicted octanol–water partition coefficient (Wildman–Crippen LogP) is 0.915. The van der Waals surface area contributed by atoms with Gasteiger partial charge in [-0.05, 0) is 6.42 Å². The molecule has 0 saturated heterocycles. The second-order valence-electron chi connectivity index (χ2n) is 2.27. The van der Waals surface area contributed by atoms with E-state index in [1.165, 1.54) is 7.05 Å². The maximum Gasteiger partial charge on any atom is 0.414 e. The van der Waals surface area contributed by atoms with Crippen molar-refractivity contribution in [3.05, 3.63) is 0 Å². The van der Waals surface area contributed by atoms with E-state index in [4.69, 9.17) is 0 Å². The summed E-state index contributed by atoms with van der Waals surface area (Å²) >= 11 is 0. The van der Waals surface area contributed by atoms with Crippen LogP contribution >= 0.6 is 0 Å². The van der Waals surface area contributed by atoms with Gasteiger partial charge in [0.2, 0.25) is 0 Å². The van der Waals surface area contributed by atoms with Gasteiger partial charge in [0.15, 0.2) is 0 Å². The second-order valence-corrected chi connectivity index (χ2v) is 2.27. The molecule has 0 heterocycles. The number of hydrogen-bond donors (Lipinski definition) is 1. The quantitative estimate of drug-likeness (QED) is 0.481. The molecule has 0 aliphatic rings. The molecule has 0 bridgehead atoms. The molecular weight excluding hydrogens is 146 g/mol. The van der Waals surface area contributed by atoms with Crippen LogP contribution < -0.4 is 5.32 Å². The van der Waals surface area contributed by atoms with Gasteiger partial charge in [0, 0.05) is 7.05 Å².